The number of aromatic carboxylic acids is 1. The second-order valence-electron chi connectivity index (χ2n) is 3.81. The Kier molecular flexibility index (Phi) is 2.30. The van der Waals surface area contributed by atoms with Gasteiger partial charge in [0.25, 0.3) is 0 Å². The number of aromatic nitrogens is 3. The summed E-state index contributed by atoms with van der Waals surface area (Å²) >= 11 is 0. The molecule has 0 spiro atoms. The number of imidazole rings is 1. The van der Waals surface area contributed by atoms with Gasteiger partial charge < -0.3 is 5.11 Å². The number of hydrogen-bond donors (Lipinski definition) is 1. The zero-order valence-electron chi connectivity index (χ0n) is 9.32. The zero-order chi connectivity index (χ0) is 12.5. The van der Waals surface area contributed by atoms with E-state index in [-0.39, 0.29) is 5.69 Å². The molecule has 0 atom stereocenters. The highest BCUT2D eigenvalue weighted by molar-refractivity contribution is 5.86. The van der Waals surface area contributed by atoms with Crippen LogP contribution in [0, 0.1) is 0 Å². The zero-order valence-corrected chi connectivity index (χ0v) is 9.32. The van der Waals surface area contributed by atoms with E-state index in [0.717, 1.165) is 16.7 Å². The molecule has 3 rings (SSSR count). The van der Waals surface area contributed by atoms with Gasteiger partial charge >= 0.3 is 5.97 Å². The van der Waals surface area contributed by atoms with Gasteiger partial charge in [-0.3, -0.25) is 4.57 Å². The van der Waals surface area contributed by atoms with Crippen molar-refractivity contribution in [1.29, 1.82) is 0 Å². The van der Waals surface area contributed by atoms with E-state index in [0.29, 0.717) is 0 Å². The minimum absolute atomic E-state index is 0.0188. The summed E-state index contributed by atoms with van der Waals surface area (Å²) in [5, 5.41) is 8.93. The van der Waals surface area contributed by atoms with E-state index >= 15 is 0 Å². The standard InChI is InChI=1S/C13H9N3O2/c17-13(18)11-7-9(5-6-14-11)16-8-15-10-3-1-2-4-12(10)16/h1-8H,(H,17,18). The minimum atomic E-state index is -1.04. The summed E-state index contributed by atoms with van der Waals surface area (Å²) in [6.07, 6.45) is 3.15. The molecule has 18 heavy (non-hydrogen) atoms. The highest BCUT2D eigenvalue weighted by atomic mass is 16.4. The van der Waals surface area contributed by atoms with Gasteiger partial charge in [0.15, 0.2) is 0 Å². The van der Waals surface area contributed by atoms with Crippen LogP contribution in [0.3, 0.4) is 0 Å². The molecular formula is C13H9N3O2. The molecular weight excluding hydrogens is 230 g/mol. The normalized spacial score (nSPS) is 10.7. The smallest absolute Gasteiger partial charge is 0.354 e. The lowest BCUT2D eigenvalue weighted by molar-refractivity contribution is 0.0690. The van der Waals surface area contributed by atoms with Crippen LogP contribution >= 0.6 is 0 Å². The van der Waals surface area contributed by atoms with Gasteiger partial charge in [-0.15, -0.1) is 0 Å². The lowest BCUT2D eigenvalue weighted by Crippen LogP contribution is -2.02. The van der Waals surface area contributed by atoms with E-state index in [9.17, 15) is 4.79 Å². The van der Waals surface area contributed by atoms with Crippen molar-refractivity contribution in [1.82, 2.24) is 14.5 Å². The first-order valence-electron chi connectivity index (χ1n) is 5.37. The maximum absolute atomic E-state index is 10.9. The van der Waals surface area contributed by atoms with Crippen molar-refractivity contribution in [3.05, 3.63) is 54.6 Å². The van der Waals surface area contributed by atoms with Crippen molar-refractivity contribution in [2.75, 3.05) is 0 Å². The van der Waals surface area contributed by atoms with E-state index < -0.39 is 5.97 Å². The summed E-state index contributed by atoms with van der Waals surface area (Å²) < 4.78 is 1.84. The van der Waals surface area contributed by atoms with Gasteiger partial charge in [0.2, 0.25) is 0 Å². The lowest BCUT2D eigenvalue weighted by Gasteiger charge is -2.04. The fourth-order valence-corrected chi connectivity index (χ4v) is 1.85. The highest BCUT2D eigenvalue weighted by Crippen LogP contribution is 2.17. The average molecular weight is 239 g/mol. The molecule has 0 bridgehead atoms. The van der Waals surface area contributed by atoms with E-state index in [4.69, 9.17) is 5.11 Å². The molecule has 0 aliphatic carbocycles. The number of carboxylic acids is 1. The first-order chi connectivity index (χ1) is 8.75. The topological polar surface area (TPSA) is 68.0 Å². The second kappa shape index (κ2) is 3.96. The predicted octanol–water partition coefficient (Wildman–Crippen LogP) is 2.12. The number of rotatable bonds is 2. The van der Waals surface area contributed by atoms with Gasteiger partial charge in [-0.05, 0) is 24.3 Å². The van der Waals surface area contributed by atoms with Crippen LogP contribution in [0.1, 0.15) is 10.5 Å². The van der Waals surface area contributed by atoms with Gasteiger partial charge in [-0.25, -0.2) is 14.8 Å². The van der Waals surface area contributed by atoms with Gasteiger partial charge in [-0.1, -0.05) is 12.1 Å². The summed E-state index contributed by atoms with van der Waals surface area (Å²) in [6, 6.07) is 10.9. The summed E-state index contributed by atoms with van der Waals surface area (Å²) in [7, 11) is 0. The first-order valence-corrected chi connectivity index (χ1v) is 5.37. The number of para-hydroxylation sites is 2. The Morgan fingerprint density at radius 2 is 2.00 bits per heavy atom. The molecule has 0 fully saturated rings. The third-order valence-electron chi connectivity index (χ3n) is 2.69. The molecule has 0 aliphatic heterocycles. The highest BCUT2D eigenvalue weighted by Gasteiger charge is 2.08. The predicted molar refractivity (Wildman–Crippen MR) is 65.8 cm³/mol. The number of hydrogen-bond acceptors (Lipinski definition) is 3. The molecule has 3 aromatic rings. The molecule has 2 heterocycles. The average Bonchev–Trinajstić information content (AvgIpc) is 2.82. The number of fused-ring (bicyclic) bond motifs is 1. The number of benzene rings is 1. The maximum Gasteiger partial charge on any atom is 0.354 e. The van der Waals surface area contributed by atoms with Crippen molar-refractivity contribution in [2.45, 2.75) is 0 Å². The first kappa shape index (κ1) is 10.5. The number of pyridine rings is 1. The number of carbonyl (C=O) groups is 1. The second-order valence-corrected chi connectivity index (χ2v) is 3.81. The minimum Gasteiger partial charge on any atom is -0.477 e. The van der Waals surface area contributed by atoms with Crippen LogP contribution in [0.15, 0.2) is 48.9 Å². The van der Waals surface area contributed by atoms with E-state index in [2.05, 4.69) is 9.97 Å². The molecule has 0 saturated carbocycles. The SMILES string of the molecule is O=C(O)c1cc(-n2cnc3ccccc32)ccn1. The molecule has 0 saturated heterocycles. The van der Waals surface area contributed by atoms with Crippen LogP contribution in [0.25, 0.3) is 16.7 Å². The lowest BCUT2D eigenvalue weighted by atomic mass is 10.3. The van der Waals surface area contributed by atoms with Crippen molar-refractivity contribution in [3.63, 3.8) is 0 Å². The van der Waals surface area contributed by atoms with Crippen LogP contribution in [-0.2, 0) is 0 Å². The third kappa shape index (κ3) is 1.62. The van der Waals surface area contributed by atoms with Crippen LogP contribution in [0.5, 0.6) is 0 Å². The third-order valence-corrected chi connectivity index (χ3v) is 2.69. The molecule has 0 unspecified atom stereocenters. The molecule has 5 nitrogen and oxygen atoms in total. The Hall–Kier alpha value is -2.69. The van der Waals surface area contributed by atoms with Crippen molar-refractivity contribution in [2.24, 2.45) is 0 Å². The number of carboxylic acid groups (broad SMARTS) is 1. The van der Waals surface area contributed by atoms with Gasteiger partial charge in [0.05, 0.1) is 16.7 Å². The van der Waals surface area contributed by atoms with Crippen LogP contribution in [-0.4, -0.2) is 25.6 Å². The van der Waals surface area contributed by atoms with Crippen molar-refractivity contribution < 1.29 is 9.90 Å². The monoisotopic (exact) mass is 239 g/mol. The summed E-state index contributed by atoms with van der Waals surface area (Å²) in [4.78, 5) is 19.0. The molecule has 0 radical (unpaired) electrons. The van der Waals surface area contributed by atoms with Crippen molar-refractivity contribution in [3.8, 4) is 5.69 Å². The molecule has 1 aromatic carbocycles. The van der Waals surface area contributed by atoms with E-state index in [1.165, 1.54) is 12.3 Å². The molecule has 0 amide bonds. The van der Waals surface area contributed by atoms with Gasteiger partial charge in [0.1, 0.15) is 12.0 Å². The molecule has 2 aromatic heterocycles. The Bertz CT molecular complexity index is 734. The Morgan fingerprint density at radius 1 is 1.17 bits per heavy atom. The Labute approximate surface area is 102 Å². The summed E-state index contributed by atoms with van der Waals surface area (Å²) in [5.41, 5.74) is 2.55. The fraction of sp³-hybridized carbons (Fsp3) is 0. The molecule has 0 aliphatic rings. The van der Waals surface area contributed by atoms with Crippen LogP contribution in [0.2, 0.25) is 0 Å². The van der Waals surface area contributed by atoms with Gasteiger partial charge in [-0.2, -0.15) is 0 Å². The largest absolute Gasteiger partial charge is 0.477 e. The molecule has 1 N–H and O–H groups in total. The maximum atomic E-state index is 10.9. The molecule has 88 valence electrons. The summed E-state index contributed by atoms with van der Waals surface area (Å²) in [5.74, 6) is -1.04. The van der Waals surface area contributed by atoms with Crippen LogP contribution < -0.4 is 0 Å². The fourth-order valence-electron chi connectivity index (χ4n) is 1.85. The summed E-state index contributed by atoms with van der Waals surface area (Å²) in [6.45, 7) is 0. The Balaban J connectivity index is 2.20. The number of nitrogens with zero attached hydrogens (tertiary/aromatic N) is 3. The van der Waals surface area contributed by atoms with Gasteiger partial charge in [0, 0.05) is 6.20 Å². The van der Waals surface area contributed by atoms with Crippen molar-refractivity contribution >= 4 is 17.0 Å². The van der Waals surface area contributed by atoms with Crippen LogP contribution in [0.4, 0.5) is 0 Å². The Morgan fingerprint density at radius 3 is 2.83 bits per heavy atom. The van der Waals surface area contributed by atoms with E-state index in [1.54, 1.807) is 12.4 Å². The van der Waals surface area contributed by atoms with E-state index in [1.807, 2.05) is 28.8 Å². The molecule has 5 heteroatoms. The quantitative estimate of drug-likeness (QED) is 0.743.